The maximum Gasteiger partial charge on any atom is 0.410 e. The van der Waals surface area contributed by atoms with Crippen molar-refractivity contribution in [2.75, 3.05) is 20.2 Å². The number of hydrogen-bond donors (Lipinski definition) is 0. The molecule has 2 aromatic heterocycles. The lowest BCUT2D eigenvalue weighted by Gasteiger charge is -2.34. The number of carbonyl (C=O) groups excluding carboxylic acids is 1. The van der Waals surface area contributed by atoms with E-state index in [4.69, 9.17) is 14.5 Å². The van der Waals surface area contributed by atoms with Crippen LogP contribution in [0.25, 0.3) is 5.65 Å². The van der Waals surface area contributed by atoms with E-state index in [1.165, 1.54) is 0 Å². The SMILES string of the molecule is COc1cc(C2CCCN(C(=O)OC(C)(C)C)C2)nc2c(Br)cnn12. The minimum atomic E-state index is -0.493. The van der Waals surface area contributed by atoms with E-state index in [9.17, 15) is 4.79 Å². The topological polar surface area (TPSA) is 69.0 Å². The average molecular weight is 411 g/mol. The van der Waals surface area contributed by atoms with E-state index >= 15 is 0 Å². The molecule has 1 aliphatic rings. The van der Waals surface area contributed by atoms with Crippen LogP contribution < -0.4 is 4.74 Å². The van der Waals surface area contributed by atoms with Gasteiger partial charge in [-0.3, -0.25) is 0 Å². The second-order valence-corrected chi connectivity index (χ2v) is 8.07. The van der Waals surface area contributed by atoms with Gasteiger partial charge in [0.1, 0.15) is 5.60 Å². The Hall–Kier alpha value is -1.83. The van der Waals surface area contributed by atoms with Gasteiger partial charge >= 0.3 is 6.09 Å². The quantitative estimate of drug-likeness (QED) is 0.755. The summed E-state index contributed by atoms with van der Waals surface area (Å²) in [6.45, 7) is 6.94. The number of piperidine rings is 1. The fraction of sp³-hybridized carbons (Fsp3) is 0.588. The highest BCUT2D eigenvalue weighted by Crippen LogP contribution is 2.30. The number of fused-ring (bicyclic) bond motifs is 1. The zero-order chi connectivity index (χ0) is 18.2. The molecule has 0 radical (unpaired) electrons. The Labute approximate surface area is 155 Å². The highest BCUT2D eigenvalue weighted by Gasteiger charge is 2.29. The molecule has 0 saturated carbocycles. The van der Waals surface area contributed by atoms with E-state index in [-0.39, 0.29) is 12.0 Å². The van der Waals surface area contributed by atoms with Crippen LogP contribution in [-0.4, -0.2) is 51.4 Å². The molecule has 1 saturated heterocycles. The molecule has 7 nitrogen and oxygen atoms in total. The van der Waals surface area contributed by atoms with Crippen LogP contribution in [0.15, 0.2) is 16.7 Å². The van der Waals surface area contributed by atoms with E-state index in [1.54, 1.807) is 22.7 Å². The number of rotatable bonds is 2. The van der Waals surface area contributed by atoms with Gasteiger partial charge in [0.2, 0.25) is 5.88 Å². The maximum absolute atomic E-state index is 12.4. The fourth-order valence-electron chi connectivity index (χ4n) is 2.99. The summed E-state index contributed by atoms with van der Waals surface area (Å²) in [5.74, 6) is 0.766. The molecule has 0 spiro atoms. The van der Waals surface area contributed by atoms with Crippen molar-refractivity contribution in [1.29, 1.82) is 0 Å². The van der Waals surface area contributed by atoms with Gasteiger partial charge in [-0.15, -0.1) is 0 Å². The predicted octanol–water partition coefficient (Wildman–Crippen LogP) is 3.61. The molecule has 0 N–H and O–H groups in total. The van der Waals surface area contributed by atoms with Crippen LogP contribution >= 0.6 is 15.9 Å². The van der Waals surface area contributed by atoms with Crippen molar-refractivity contribution in [2.45, 2.75) is 45.1 Å². The Bertz CT molecular complexity index is 784. The van der Waals surface area contributed by atoms with Gasteiger partial charge in [0.15, 0.2) is 5.65 Å². The highest BCUT2D eigenvalue weighted by molar-refractivity contribution is 9.10. The number of ether oxygens (including phenoxy) is 2. The molecule has 0 bridgehead atoms. The normalized spacial score (nSPS) is 18.4. The number of likely N-dealkylation sites (tertiary alicyclic amines) is 1. The van der Waals surface area contributed by atoms with Gasteiger partial charge in [-0.25, -0.2) is 9.78 Å². The van der Waals surface area contributed by atoms with Gasteiger partial charge in [0.25, 0.3) is 0 Å². The monoisotopic (exact) mass is 410 g/mol. The summed E-state index contributed by atoms with van der Waals surface area (Å²) < 4.78 is 13.4. The molecule has 2 aromatic rings. The Morgan fingerprint density at radius 1 is 1.40 bits per heavy atom. The first-order valence-corrected chi connectivity index (χ1v) is 9.14. The van der Waals surface area contributed by atoms with Crippen LogP contribution in [0.2, 0.25) is 0 Å². The first kappa shape index (κ1) is 18.0. The minimum Gasteiger partial charge on any atom is -0.481 e. The van der Waals surface area contributed by atoms with Crippen LogP contribution in [0.5, 0.6) is 5.88 Å². The maximum atomic E-state index is 12.4. The average Bonchev–Trinajstić information content (AvgIpc) is 2.94. The molecule has 25 heavy (non-hydrogen) atoms. The summed E-state index contributed by atoms with van der Waals surface area (Å²) in [7, 11) is 1.61. The Balaban J connectivity index is 1.85. The molecule has 1 amide bonds. The molecule has 8 heteroatoms. The lowest BCUT2D eigenvalue weighted by molar-refractivity contribution is 0.0197. The third-order valence-corrected chi connectivity index (χ3v) is 4.68. The van der Waals surface area contributed by atoms with Crippen molar-refractivity contribution < 1.29 is 14.3 Å². The lowest BCUT2D eigenvalue weighted by atomic mass is 9.94. The third-order valence-electron chi connectivity index (χ3n) is 4.12. The smallest absolute Gasteiger partial charge is 0.410 e. The van der Waals surface area contributed by atoms with Gasteiger partial charge in [-0.05, 0) is 49.5 Å². The van der Waals surface area contributed by atoms with E-state index in [2.05, 4.69) is 21.0 Å². The van der Waals surface area contributed by atoms with Gasteiger partial charge in [0, 0.05) is 25.1 Å². The number of aromatic nitrogens is 3. The molecule has 1 unspecified atom stereocenters. The largest absolute Gasteiger partial charge is 0.481 e. The van der Waals surface area contributed by atoms with Gasteiger partial charge in [0.05, 0.1) is 23.5 Å². The van der Waals surface area contributed by atoms with Crippen LogP contribution in [0.3, 0.4) is 0 Å². The Kier molecular flexibility index (Phi) is 4.90. The van der Waals surface area contributed by atoms with Crippen molar-refractivity contribution in [3.63, 3.8) is 0 Å². The second-order valence-electron chi connectivity index (χ2n) is 7.22. The van der Waals surface area contributed by atoms with Gasteiger partial charge < -0.3 is 14.4 Å². The van der Waals surface area contributed by atoms with Crippen molar-refractivity contribution in [3.8, 4) is 5.88 Å². The van der Waals surface area contributed by atoms with E-state index in [1.807, 2.05) is 26.8 Å². The fourth-order valence-corrected chi connectivity index (χ4v) is 3.34. The summed E-state index contributed by atoms with van der Waals surface area (Å²) in [6, 6.07) is 1.90. The molecule has 1 atom stereocenters. The second kappa shape index (κ2) is 6.82. The Morgan fingerprint density at radius 2 is 2.16 bits per heavy atom. The Morgan fingerprint density at radius 3 is 2.84 bits per heavy atom. The molecule has 3 heterocycles. The third kappa shape index (κ3) is 3.89. The van der Waals surface area contributed by atoms with E-state index < -0.39 is 5.60 Å². The van der Waals surface area contributed by atoms with Crippen LogP contribution in [0.4, 0.5) is 4.79 Å². The van der Waals surface area contributed by atoms with Crippen LogP contribution in [0, 0.1) is 0 Å². The number of carbonyl (C=O) groups is 1. The molecule has 3 rings (SSSR count). The molecule has 1 fully saturated rings. The first-order valence-electron chi connectivity index (χ1n) is 8.34. The first-order chi connectivity index (χ1) is 11.8. The molecular formula is C17H23BrN4O3. The number of halogens is 1. The van der Waals surface area contributed by atoms with Crippen LogP contribution in [0.1, 0.15) is 45.2 Å². The predicted molar refractivity (Wildman–Crippen MR) is 97.0 cm³/mol. The summed E-state index contributed by atoms with van der Waals surface area (Å²) >= 11 is 3.47. The molecule has 1 aliphatic heterocycles. The van der Waals surface area contributed by atoms with Gasteiger partial charge in [-0.2, -0.15) is 9.61 Å². The zero-order valence-electron chi connectivity index (χ0n) is 15.0. The van der Waals surface area contributed by atoms with Crippen molar-refractivity contribution in [1.82, 2.24) is 19.5 Å². The van der Waals surface area contributed by atoms with Crippen molar-refractivity contribution in [3.05, 3.63) is 22.4 Å². The molecule has 0 aromatic carbocycles. The van der Waals surface area contributed by atoms with Crippen LogP contribution in [-0.2, 0) is 4.74 Å². The molecule has 136 valence electrons. The number of methoxy groups -OCH3 is 1. The summed E-state index contributed by atoms with van der Waals surface area (Å²) in [4.78, 5) is 18.9. The zero-order valence-corrected chi connectivity index (χ0v) is 16.5. The highest BCUT2D eigenvalue weighted by atomic mass is 79.9. The lowest BCUT2D eigenvalue weighted by Crippen LogP contribution is -2.42. The van der Waals surface area contributed by atoms with E-state index in [0.29, 0.717) is 24.6 Å². The van der Waals surface area contributed by atoms with Crippen molar-refractivity contribution in [2.24, 2.45) is 0 Å². The molecular weight excluding hydrogens is 388 g/mol. The summed E-state index contributed by atoms with van der Waals surface area (Å²) in [6.07, 6.45) is 3.31. The summed E-state index contributed by atoms with van der Waals surface area (Å²) in [5.41, 5.74) is 1.12. The molecule has 0 aliphatic carbocycles. The van der Waals surface area contributed by atoms with E-state index in [0.717, 1.165) is 23.0 Å². The standard InChI is InChI=1S/C17H23BrN4O3/c1-17(2,3)25-16(23)21-7-5-6-11(10-21)13-8-14(24-4)22-15(20-13)12(18)9-19-22/h8-9,11H,5-7,10H2,1-4H3. The number of nitrogens with zero attached hydrogens (tertiary/aromatic N) is 4. The van der Waals surface area contributed by atoms with Gasteiger partial charge in [-0.1, -0.05) is 0 Å². The number of hydrogen-bond acceptors (Lipinski definition) is 5. The minimum absolute atomic E-state index is 0.141. The summed E-state index contributed by atoms with van der Waals surface area (Å²) in [5, 5.41) is 4.26. The van der Waals surface area contributed by atoms with Crippen molar-refractivity contribution >= 4 is 27.7 Å². The number of amides is 1.